The number of hydrogen-bond acceptors (Lipinski definition) is 2. The molecular weight excluding hydrogens is 283 g/mol. The summed E-state index contributed by atoms with van der Waals surface area (Å²) >= 11 is 11.8. The summed E-state index contributed by atoms with van der Waals surface area (Å²) in [4.78, 5) is 0. The number of aliphatic hydroxyl groups excluding tert-OH is 1. The molecule has 1 N–H and O–H groups in total. The van der Waals surface area contributed by atoms with Gasteiger partial charge in [-0.25, -0.2) is 0 Å². The molecule has 102 valence electrons. The first-order chi connectivity index (χ1) is 9.11. The van der Waals surface area contributed by atoms with Crippen LogP contribution in [-0.4, -0.2) is 14.9 Å². The van der Waals surface area contributed by atoms with Crippen molar-refractivity contribution < 1.29 is 5.11 Å². The Morgan fingerprint density at radius 2 is 2.05 bits per heavy atom. The molecule has 1 unspecified atom stereocenters. The quantitative estimate of drug-likeness (QED) is 0.910. The van der Waals surface area contributed by atoms with Gasteiger partial charge in [0.2, 0.25) is 0 Å². The SMILES string of the molecule is CCCn1nccc1C(O)Cc1ccc(Cl)c(Cl)c1. The van der Waals surface area contributed by atoms with Gasteiger partial charge in [-0.05, 0) is 30.2 Å². The van der Waals surface area contributed by atoms with Gasteiger partial charge in [-0.1, -0.05) is 36.2 Å². The largest absolute Gasteiger partial charge is 0.386 e. The molecule has 1 heterocycles. The maximum Gasteiger partial charge on any atom is 0.0996 e. The molecule has 1 aromatic heterocycles. The molecule has 0 aliphatic rings. The Morgan fingerprint density at radius 3 is 2.74 bits per heavy atom. The molecule has 1 atom stereocenters. The van der Waals surface area contributed by atoms with E-state index in [-0.39, 0.29) is 0 Å². The third-order valence-electron chi connectivity index (χ3n) is 2.94. The fourth-order valence-corrected chi connectivity index (χ4v) is 2.34. The Balaban J connectivity index is 2.13. The van der Waals surface area contributed by atoms with Gasteiger partial charge in [0.25, 0.3) is 0 Å². The summed E-state index contributed by atoms with van der Waals surface area (Å²) in [5.41, 5.74) is 1.78. The van der Waals surface area contributed by atoms with Crippen LogP contribution in [-0.2, 0) is 13.0 Å². The third-order valence-corrected chi connectivity index (χ3v) is 3.68. The highest BCUT2D eigenvalue weighted by Gasteiger charge is 2.14. The molecule has 0 saturated carbocycles. The second kappa shape index (κ2) is 6.42. The molecule has 2 rings (SSSR count). The molecular formula is C14H16Cl2N2O. The zero-order chi connectivity index (χ0) is 13.8. The fraction of sp³-hybridized carbons (Fsp3) is 0.357. The van der Waals surface area contributed by atoms with Gasteiger partial charge in [0.05, 0.1) is 21.8 Å². The summed E-state index contributed by atoms with van der Waals surface area (Å²) in [6, 6.07) is 7.25. The van der Waals surface area contributed by atoms with Gasteiger partial charge < -0.3 is 5.11 Å². The van der Waals surface area contributed by atoms with E-state index in [4.69, 9.17) is 23.2 Å². The third kappa shape index (κ3) is 3.50. The van der Waals surface area contributed by atoms with E-state index in [9.17, 15) is 5.11 Å². The van der Waals surface area contributed by atoms with E-state index in [0.717, 1.165) is 24.2 Å². The minimum absolute atomic E-state index is 0.492. The second-order valence-corrected chi connectivity index (χ2v) is 5.26. The lowest BCUT2D eigenvalue weighted by Crippen LogP contribution is -2.11. The number of rotatable bonds is 5. The maximum atomic E-state index is 10.3. The first-order valence-corrected chi connectivity index (χ1v) is 7.01. The van der Waals surface area contributed by atoms with E-state index in [2.05, 4.69) is 12.0 Å². The van der Waals surface area contributed by atoms with Crippen LogP contribution in [0.25, 0.3) is 0 Å². The molecule has 19 heavy (non-hydrogen) atoms. The van der Waals surface area contributed by atoms with Crippen LogP contribution in [0.5, 0.6) is 0 Å². The van der Waals surface area contributed by atoms with Crippen LogP contribution in [0, 0.1) is 0 Å². The van der Waals surface area contributed by atoms with E-state index < -0.39 is 6.10 Å². The lowest BCUT2D eigenvalue weighted by molar-refractivity contribution is 0.166. The number of benzene rings is 1. The average Bonchev–Trinajstić information content (AvgIpc) is 2.83. The Hall–Kier alpha value is -1.03. The Bertz CT molecular complexity index is 554. The Morgan fingerprint density at radius 1 is 1.26 bits per heavy atom. The van der Waals surface area contributed by atoms with Crippen molar-refractivity contribution in [2.75, 3.05) is 0 Å². The summed E-state index contributed by atoms with van der Waals surface area (Å²) in [7, 11) is 0. The van der Waals surface area contributed by atoms with Gasteiger partial charge >= 0.3 is 0 Å². The van der Waals surface area contributed by atoms with Crippen molar-refractivity contribution in [3.05, 3.63) is 51.8 Å². The van der Waals surface area contributed by atoms with E-state index in [1.807, 2.05) is 16.8 Å². The standard InChI is InChI=1S/C14H16Cl2N2O/c1-2-7-18-13(5-6-17-18)14(19)9-10-3-4-11(15)12(16)8-10/h3-6,8,14,19H,2,7,9H2,1H3. The van der Waals surface area contributed by atoms with E-state index in [1.165, 1.54) is 0 Å². The highest BCUT2D eigenvalue weighted by molar-refractivity contribution is 6.42. The maximum absolute atomic E-state index is 10.3. The molecule has 5 heteroatoms. The first kappa shape index (κ1) is 14.4. The van der Waals surface area contributed by atoms with E-state index in [1.54, 1.807) is 18.3 Å². The molecule has 1 aromatic carbocycles. The molecule has 3 nitrogen and oxygen atoms in total. The predicted octanol–water partition coefficient (Wildman–Crippen LogP) is 3.88. The fourth-order valence-electron chi connectivity index (χ4n) is 2.02. The van der Waals surface area contributed by atoms with Crippen LogP contribution in [0.2, 0.25) is 10.0 Å². The molecule has 0 radical (unpaired) electrons. The van der Waals surface area contributed by atoms with Crippen molar-refractivity contribution >= 4 is 23.2 Å². The van der Waals surface area contributed by atoms with Gasteiger partial charge in [0, 0.05) is 19.2 Å². The van der Waals surface area contributed by atoms with Crippen molar-refractivity contribution in [3.63, 3.8) is 0 Å². The van der Waals surface area contributed by atoms with Gasteiger partial charge in [-0.3, -0.25) is 4.68 Å². The van der Waals surface area contributed by atoms with Crippen molar-refractivity contribution in [1.82, 2.24) is 9.78 Å². The lowest BCUT2D eigenvalue weighted by atomic mass is 10.1. The molecule has 0 bridgehead atoms. The number of aliphatic hydroxyl groups is 1. The van der Waals surface area contributed by atoms with Crippen LogP contribution in [0.1, 0.15) is 30.7 Å². The normalized spacial score (nSPS) is 12.6. The monoisotopic (exact) mass is 298 g/mol. The van der Waals surface area contributed by atoms with Crippen molar-refractivity contribution in [2.45, 2.75) is 32.4 Å². The molecule has 0 spiro atoms. The Kier molecular flexibility index (Phi) is 4.86. The number of nitrogens with zero attached hydrogens (tertiary/aromatic N) is 2. The lowest BCUT2D eigenvalue weighted by Gasteiger charge is -2.13. The summed E-state index contributed by atoms with van der Waals surface area (Å²) in [6.07, 6.45) is 2.59. The van der Waals surface area contributed by atoms with Gasteiger partial charge in [-0.15, -0.1) is 0 Å². The number of halogens is 2. The average molecular weight is 299 g/mol. The zero-order valence-corrected chi connectivity index (χ0v) is 12.2. The van der Waals surface area contributed by atoms with Crippen LogP contribution in [0.3, 0.4) is 0 Å². The van der Waals surface area contributed by atoms with E-state index in [0.29, 0.717) is 16.5 Å². The van der Waals surface area contributed by atoms with Crippen LogP contribution >= 0.6 is 23.2 Å². The van der Waals surface area contributed by atoms with Gasteiger partial charge in [-0.2, -0.15) is 5.10 Å². The van der Waals surface area contributed by atoms with Gasteiger partial charge in [0.1, 0.15) is 0 Å². The summed E-state index contributed by atoms with van der Waals surface area (Å²) in [5.74, 6) is 0. The molecule has 2 aromatic rings. The van der Waals surface area contributed by atoms with Crippen LogP contribution in [0.4, 0.5) is 0 Å². The predicted molar refractivity (Wildman–Crippen MR) is 77.6 cm³/mol. The smallest absolute Gasteiger partial charge is 0.0996 e. The first-order valence-electron chi connectivity index (χ1n) is 6.25. The topological polar surface area (TPSA) is 38.0 Å². The molecule has 0 saturated heterocycles. The summed E-state index contributed by atoms with van der Waals surface area (Å²) < 4.78 is 1.84. The summed E-state index contributed by atoms with van der Waals surface area (Å²) in [6.45, 7) is 2.89. The number of aromatic nitrogens is 2. The Labute approximate surface area is 122 Å². The minimum Gasteiger partial charge on any atom is -0.386 e. The number of aryl methyl sites for hydroxylation is 1. The van der Waals surface area contributed by atoms with Crippen molar-refractivity contribution in [3.8, 4) is 0 Å². The number of hydrogen-bond donors (Lipinski definition) is 1. The minimum atomic E-state index is -0.591. The highest BCUT2D eigenvalue weighted by Crippen LogP contribution is 2.25. The van der Waals surface area contributed by atoms with Gasteiger partial charge in [0.15, 0.2) is 0 Å². The molecule has 0 fully saturated rings. The van der Waals surface area contributed by atoms with Crippen LogP contribution < -0.4 is 0 Å². The van der Waals surface area contributed by atoms with Crippen molar-refractivity contribution in [2.24, 2.45) is 0 Å². The summed E-state index contributed by atoms with van der Waals surface area (Å²) in [5, 5.41) is 15.5. The van der Waals surface area contributed by atoms with Crippen molar-refractivity contribution in [1.29, 1.82) is 0 Å². The molecule has 0 aliphatic carbocycles. The molecule has 0 aliphatic heterocycles. The van der Waals surface area contributed by atoms with Crippen LogP contribution in [0.15, 0.2) is 30.5 Å². The van der Waals surface area contributed by atoms with E-state index >= 15 is 0 Å². The molecule has 0 amide bonds. The second-order valence-electron chi connectivity index (χ2n) is 4.45. The zero-order valence-electron chi connectivity index (χ0n) is 10.7. The highest BCUT2D eigenvalue weighted by atomic mass is 35.5.